The Kier molecular flexibility index (Phi) is 14.5. The van der Waals surface area contributed by atoms with E-state index in [1.54, 1.807) is 12.2 Å². The maximum Gasteiger partial charge on any atom is 0.524 e. The number of nitro groups is 2. The second-order valence-electron chi connectivity index (χ2n) is 6.41. The van der Waals surface area contributed by atoms with Gasteiger partial charge in [-0.05, 0) is 32.1 Å². The van der Waals surface area contributed by atoms with Crippen LogP contribution >= 0.6 is 0 Å². The molecular formula is C20H31N2O5. The third kappa shape index (κ3) is 11.1. The second-order valence-corrected chi connectivity index (χ2v) is 6.41. The summed E-state index contributed by atoms with van der Waals surface area (Å²) >= 11 is 0. The van der Waals surface area contributed by atoms with Crippen LogP contribution in [0.1, 0.15) is 77.6 Å². The van der Waals surface area contributed by atoms with E-state index in [0.29, 0.717) is 6.42 Å². The van der Waals surface area contributed by atoms with Gasteiger partial charge >= 0.3 is 11.9 Å². The zero-order valence-electron chi connectivity index (χ0n) is 16.2. The average molecular weight is 379 g/mol. The molecule has 0 aliphatic carbocycles. The van der Waals surface area contributed by atoms with Crippen molar-refractivity contribution in [1.29, 1.82) is 0 Å². The molecule has 0 aromatic heterocycles. The van der Waals surface area contributed by atoms with E-state index in [-0.39, 0.29) is 6.42 Å². The van der Waals surface area contributed by atoms with Crippen LogP contribution in [0.3, 0.4) is 0 Å². The van der Waals surface area contributed by atoms with Crippen LogP contribution in [-0.2, 0) is 4.79 Å². The molecule has 0 spiro atoms. The van der Waals surface area contributed by atoms with Crippen LogP contribution in [0.2, 0.25) is 0 Å². The fourth-order valence-electron chi connectivity index (χ4n) is 2.48. The summed E-state index contributed by atoms with van der Waals surface area (Å²) < 4.78 is 0. The van der Waals surface area contributed by atoms with Gasteiger partial charge in [0, 0.05) is 0 Å². The fraction of sp³-hybridized carbons (Fsp3) is 0.650. The molecule has 0 heterocycles. The lowest BCUT2D eigenvalue weighted by molar-refractivity contribution is -0.772. The van der Waals surface area contributed by atoms with Crippen molar-refractivity contribution in [3.05, 3.63) is 56.7 Å². The third-order valence-electron chi connectivity index (χ3n) is 4.20. The molecule has 0 amide bonds. The molecule has 27 heavy (non-hydrogen) atoms. The van der Waals surface area contributed by atoms with Gasteiger partial charge in [0.05, 0.1) is 0 Å². The minimum atomic E-state index is -2.86. The molecule has 0 saturated carbocycles. The van der Waals surface area contributed by atoms with Gasteiger partial charge in [0.1, 0.15) is 16.3 Å². The molecule has 0 unspecified atom stereocenters. The summed E-state index contributed by atoms with van der Waals surface area (Å²) in [5.41, 5.74) is -2.86. The zero-order chi connectivity index (χ0) is 20.4. The summed E-state index contributed by atoms with van der Waals surface area (Å²) in [6.07, 6.45) is 22.6. The molecular weight excluding hydrogens is 348 g/mol. The lowest BCUT2D eigenvalue weighted by atomic mass is 10.1. The molecule has 0 rings (SSSR count). The van der Waals surface area contributed by atoms with Gasteiger partial charge < -0.3 is 0 Å². The summed E-state index contributed by atoms with van der Waals surface area (Å²) in [7, 11) is 0. The van der Waals surface area contributed by atoms with E-state index in [1.807, 2.05) is 12.2 Å². The predicted octanol–water partition coefficient (Wildman–Crippen LogP) is 5.33. The highest BCUT2D eigenvalue weighted by Crippen LogP contribution is 2.16. The monoisotopic (exact) mass is 379 g/mol. The molecule has 0 aromatic carbocycles. The second kappa shape index (κ2) is 15.9. The van der Waals surface area contributed by atoms with Crippen molar-refractivity contribution in [3.8, 4) is 0 Å². The predicted molar refractivity (Wildman–Crippen MR) is 106 cm³/mol. The van der Waals surface area contributed by atoms with Gasteiger partial charge in [-0.15, -0.1) is 0 Å². The summed E-state index contributed by atoms with van der Waals surface area (Å²) in [5, 5.41) is 21.5. The Bertz CT molecular complexity index is 512. The van der Waals surface area contributed by atoms with Crippen LogP contribution in [-0.4, -0.2) is 21.8 Å². The fourth-order valence-corrected chi connectivity index (χ4v) is 2.48. The van der Waals surface area contributed by atoms with Crippen LogP contribution in [0.25, 0.3) is 0 Å². The SMILES string of the molecule is CCCCCCCCC=CCC=CCC=CCCC([C]=O)([N+](=O)[O-])[N+](=O)[O-]. The third-order valence-corrected chi connectivity index (χ3v) is 4.20. The maximum absolute atomic E-state index is 10.7. The topological polar surface area (TPSA) is 103 Å². The summed E-state index contributed by atoms with van der Waals surface area (Å²) in [6.45, 7) is 2.22. The van der Waals surface area contributed by atoms with Crippen LogP contribution < -0.4 is 0 Å². The van der Waals surface area contributed by atoms with Gasteiger partial charge in [0.15, 0.2) is 0 Å². The van der Waals surface area contributed by atoms with Crippen LogP contribution in [0.4, 0.5) is 0 Å². The van der Waals surface area contributed by atoms with Gasteiger partial charge in [0.2, 0.25) is 0 Å². The first-order valence-corrected chi connectivity index (χ1v) is 9.64. The van der Waals surface area contributed by atoms with Crippen molar-refractivity contribution >= 4 is 6.29 Å². The van der Waals surface area contributed by atoms with Crippen molar-refractivity contribution in [2.45, 2.75) is 83.2 Å². The number of carbonyl (C=O) groups excluding carboxylic acids is 1. The number of rotatable bonds is 17. The number of allylic oxidation sites excluding steroid dienone is 6. The van der Waals surface area contributed by atoms with Crippen molar-refractivity contribution in [3.63, 3.8) is 0 Å². The Balaban J connectivity index is 3.85. The lowest BCUT2D eigenvalue weighted by Crippen LogP contribution is -2.47. The van der Waals surface area contributed by atoms with Crippen molar-refractivity contribution in [2.24, 2.45) is 0 Å². The summed E-state index contributed by atoms with van der Waals surface area (Å²) in [4.78, 5) is 29.8. The number of hydrogen-bond acceptors (Lipinski definition) is 5. The smallest absolute Gasteiger partial charge is 0.273 e. The number of hydrogen-bond donors (Lipinski definition) is 0. The molecule has 0 aliphatic heterocycles. The van der Waals surface area contributed by atoms with Gasteiger partial charge in [-0.2, -0.15) is 0 Å². The quantitative estimate of drug-likeness (QED) is 0.112. The van der Waals surface area contributed by atoms with Gasteiger partial charge in [-0.25, -0.2) is 0 Å². The van der Waals surface area contributed by atoms with Gasteiger partial charge in [-0.3, -0.25) is 25.0 Å². The van der Waals surface area contributed by atoms with E-state index in [1.165, 1.54) is 38.5 Å². The zero-order valence-corrected chi connectivity index (χ0v) is 16.2. The largest absolute Gasteiger partial charge is 0.524 e. The van der Waals surface area contributed by atoms with Crippen molar-refractivity contribution in [2.75, 3.05) is 0 Å². The Morgan fingerprint density at radius 1 is 0.778 bits per heavy atom. The molecule has 0 aliphatic rings. The highest BCUT2D eigenvalue weighted by Gasteiger charge is 2.57. The molecule has 1 radical (unpaired) electrons. The van der Waals surface area contributed by atoms with Crippen molar-refractivity contribution in [1.82, 2.24) is 0 Å². The molecule has 0 N–H and O–H groups in total. The molecule has 0 atom stereocenters. The summed E-state index contributed by atoms with van der Waals surface area (Å²) in [5.74, 6) is 0. The highest BCUT2D eigenvalue weighted by molar-refractivity contribution is 5.60. The van der Waals surface area contributed by atoms with E-state index in [0.717, 1.165) is 19.1 Å². The molecule has 7 nitrogen and oxygen atoms in total. The molecule has 0 fully saturated rings. The number of unbranched alkanes of at least 4 members (excludes halogenated alkanes) is 6. The Morgan fingerprint density at radius 3 is 1.78 bits per heavy atom. The van der Waals surface area contributed by atoms with Crippen LogP contribution in [0.15, 0.2) is 36.5 Å². The van der Waals surface area contributed by atoms with Gasteiger partial charge in [0.25, 0.3) is 0 Å². The molecule has 0 saturated heterocycles. The van der Waals surface area contributed by atoms with Crippen LogP contribution in [0, 0.1) is 20.2 Å². The normalized spacial score (nSPS) is 12.3. The molecule has 0 bridgehead atoms. The molecule has 0 aromatic rings. The van der Waals surface area contributed by atoms with E-state index >= 15 is 0 Å². The Hall–Kier alpha value is -2.31. The first kappa shape index (κ1) is 24.7. The van der Waals surface area contributed by atoms with E-state index in [2.05, 4.69) is 19.1 Å². The van der Waals surface area contributed by atoms with E-state index in [9.17, 15) is 25.0 Å². The van der Waals surface area contributed by atoms with E-state index in [4.69, 9.17) is 0 Å². The van der Waals surface area contributed by atoms with Crippen molar-refractivity contribution < 1.29 is 14.6 Å². The first-order valence-electron chi connectivity index (χ1n) is 9.64. The van der Waals surface area contributed by atoms with E-state index < -0.39 is 21.9 Å². The lowest BCUT2D eigenvalue weighted by Gasteiger charge is -2.08. The standard InChI is InChI=1S/C20H31N2O5/c1-2-3-4-5-6-7-8-9-10-11-12-13-14-15-16-17-18-20(19-23,21(24)25)22(26)27/h9-10,12-13,15-16H,2-8,11,14,17-18H2,1H3. The van der Waals surface area contributed by atoms with Crippen LogP contribution in [0.5, 0.6) is 0 Å². The minimum absolute atomic E-state index is 0.0726. The summed E-state index contributed by atoms with van der Waals surface area (Å²) in [6, 6.07) is 0. The Labute approximate surface area is 161 Å². The molecule has 7 heteroatoms. The maximum atomic E-state index is 10.7. The highest BCUT2D eigenvalue weighted by atomic mass is 16.7. The average Bonchev–Trinajstić information content (AvgIpc) is 2.64. The number of nitrogens with zero attached hydrogens (tertiary/aromatic N) is 2. The first-order chi connectivity index (χ1) is 13.0. The van der Waals surface area contributed by atoms with Gasteiger partial charge in [-0.1, -0.05) is 75.5 Å². The molecule has 151 valence electrons. The Morgan fingerprint density at radius 2 is 1.26 bits per heavy atom. The minimum Gasteiger partial charge on any atom is -0.273 e.